The van der Waals surface area contributed by atoms with Crippen molar-refractivity contribution in [2.24, 2.45) is 0 Å². The van der Waals surface area contributed by atoms with Gasteiger partial charge >= 0.3 is 7.69 Å². The maximum absolute atomic E-state index is 13.9. The summed E-state index contributed by atoms with van der Waals surface area (Å²) in [7, 11) is 3.60. The molecule has 4 rings (SSSR count). The maximum atomic E-state index is 13.9. The number of rotatable bonds is 5. The molecule has 0 heterocycles. The topological polar surface area (TPSA) is 47.9 Å². The number of hydrogen-bond donors (Lipinski definition) is 1. The van der Waals surface area contributed by atoms with Crippen LogP contribution in [0.1, 0.15) is 1.43 Å². The number of methoxy groups -OCH3 is 2. The molecule has 0 aliphatic heterocycles. The molecule has 0 bridgehead atoms. The Morgan fingerprint density at radius 1 is 0.842 bits per heavy atom. The van der Waals surface area contributed by atoms with Gasteiger partial charge in [0.15, 0.2) is 5.75 Å². The fourth-order valence-corrected chi connectivity index (χ4v) is 4.61. The fraction of sp³-hybridized carbons (Fsp3) is 0.0769. The lowest BCUT2D eigenvalue weighted by Gasteiger charge is -2.12. The highest BCUT2D eigenvalue weighted by Gasteiger charge is 2.15. The molecule has 1 N–H and O–H groups in total. The molecule has 0 aliphatic rings. The number of ether oxygens (including phenoxy) is 2. The lowest BCUT2D eigenvalue weighted by Crippen LogP contribution is -2.01. The molecule has 0 spiro atoms. The first kappa shape index (κ1) is 32.6. The lowest BCUT2D eigenvalue weighted by atomic mass is 10.0. The quantitative estimate of drug-likeness (QED) is 0.124. The van der Waals surface area contributed by atoms with Crippen LogP contribution in [0.4, 0.5) is 8.78 Å². The predicted octanol–water partition coefficient (Wildman–Crippen LogP) is 9.48. The van der Waals surface area contributed by atoms with E-state index in [4.69, 9.17) is 42.4 Å². The van der Waals surface area contributed by atoms with Crippen molar-refractivity contribution < 1.29 is 29.4 Å². The zero-order chi connectivity index (χ0) is 28.2. The summed E-state index contributed by atoms with van der Waals surface area (Å²) in [5.74, 6) is 0.877. The Morgan fingerprint density at radius 3 is 2.03 bits per heavy atom. The first-order valence-corrected chi connectivity index (χ1v) is 13.9. The molecular formula is C26H20BBr2Cl2F2IO4-. The minimum Gasteiger partial charge on any atom is -1.00 e. The van der Waals surface area contributed by atoms with Crippen molar-refractivity contribution in [3.8, 4) is 28.4 Å². The summed E-state index contributed by atoms with van der Waals surface area (Å²) in [5.41, 5.74) is 1.08. The Morgan fingerprint density at radius 2 is 1.47 bits per heavy atom. The zero-order valence-electron chi connectivity index (χ0n) is 20.8. The number of hydrogen-bond acceptors (Lipinski definition) is 4. The number of para-hydroxylation sites is 1. The molecule has 4 aromatic rings. The summed E-state index contributed by atoms with van der Waals surface area (Å²) in [6.45, 7) is 0. The van der Waals surface area contributed by atoms with Gasteiger partial charge in [-0.3, -0.25) is 0 Å². The smallest absolute Gasteiger partial charge is 0.569 e. The highest BCUT2D eigenvalue weighted by molar-refractivity contribution is 14.1. The van der Waals surface area contributed by atoms with Gasteiger partial charge in [0.1, 0.15) is 23.1 Å². The van der Waals surface area contributed by atoms with E-state index in [2.05, 4.69) is 31.9 Å². The molecule has 1 radical (unpaired) electrons. The molecule has 0 aliphatic carbocycles. The first-order valence-electron chi connectivity index (χ1n) is 10.5. The Bertz CT molecular complexity index is 1340. The molecule has 12 heteroatoms. The van der Waals surface area contributed by atoms with Gasteiger partial charge in [-0.1, -0.05) is 63.4 Å². The van der Waals surface area contributed by atoms with Crippen LogP contribution in [-0.2, 0) is 0 Å². The minimum absolute atomic E-state index is 0. The molecule has 0 saturated carbocycles. The van der Waals surface area contributed by atoms with Crippen LogP contribution >= 0.6 is 77.7 Å². The monoisotopic (exact) mass is 802 g/mol. The second-order valence-corrected chi connectivity index (χ2v) is 10.6. The van der Waals surface area contributed by atoms with Gasteiger partial charge in [-0.15, -0.1) is 0 Å². The van der Waals surface area contributed by atoms with E-state index in [0.717, 1.165) is 4.47 Å². The van der Waals surface area contributed by atoms with Crippen LogP contribution in [-0.4, -0.2) is 26.9 Å². The van der Waals surface area contributed by atoms with Gasteiger partial charge in [-0.05, 0) is 81.0 Å². The van der Waals surface area contributed by atoms with Gasteiger partial charge < -0.3 is 20.6 Å². The summed E-state index contributed by atoms with van der Waals surface area (Å²) < 4.78 is 43.4. The molecular weight excluding hydrogens is 783 g/mol. The summed E-state index contributed by atoms with van der Waals surface area (Å²) in [6.07, 6.45) is 0. The Kier molecular flexibility index (Phi) is 14.2. The van der Waals surface area contributed by atoms with Gasteiger partial charge in [-0.2, -0.15) is 0 Å². The molecule has 0 aromatic heterocycles. The second-order valence-electron chi connectivity index (χ2n) is 6.97. The van der Waals surface area contributed by atoms with E-state index in [-0.39, 0.29) is 13.1 Å². The average molecular weight is 805 g/mol. The van der Waals surface area contributed by atoms with Crippen molar-refractivity contribution in [3.63, 3.8) is 0 Å². The number of benzene rings is 4. The summed E-state index contributed by atoms with van der Waals surface area (Å²) >= 11 is 20.2. The van der Waals surface area contributed by atoms with E-state index in [1.165, 1.54) is 26.4 Å². The van der Waals surface area contributed by atoms with Crippen LogP contribution < -0.4 is 14.1 Å². The Hall–Kier alpha value is -1.57. The average Bonchev–Trinajstić information content (AvgIpc) is 2.89. The normalized spacial score (nSPS) is 9.84. The second kappa shape index (κ2) is 16.5. The molecule has 201 valence electrons. The molecule has 0 saturated heterocycles. The molecule has 0 amide bonds. The van der Waals surface area contributed by atoms with E-state index >= 15 is 0 Å². The molecule has 0 fully saturated rings. The first-order chi connectivity index (χ1) is 18.1. The molecule has 0 atom stereocenters. The largest absolute Gasteiger partial charge is 1.00 e. The maximum Gasteiger partial charge on any atom is 0.569 e. The third-order valence-corrected chi connectivity index (χ3v) is 8.31. The van der Waals surface area contributed by atoms with Gasteiger partial charge in [0.25, 0.3) is 0 Å². The van der Waals surface area contributed by atoms with Crippen molar-refractivity contribution >= 4 is 85.3 Å². The van der Waals surface area contributed by atoms with Crippen LogP contribution in [0.2, 0.25) is 10.0 Å². The van der Waals surface area contributed by atoms with Crippen molar-refractivity contribution in [3.05, 3.63) is 107 Å². The van der Waals surface area contributed by atoms with Crippen molar-refractivity contribution in [2.75, 3.05) is 14.2 Å². The van der Waals surface area contributed by atoms with Crippen LogP contribution in [0.25, 0.3) is 11.1 Å². The minimum atomic E-state index is -0.319. The molecule has 38 heavy (non-hydrogen) atoms. The standard InChI is InChI=1S/C13H9BrClFO.C7H7BClO3.C6H3BrFI.H/c1-17-13-8(4-2-6-10(13)15)12-9(14)5-3-7-11(12)16;1-11-7-4-5(9)2-3-6(7)12-8-10;7-4-2-1-3-5(8)6(4)9;/h2-7H,1H3;2-4,10H,1H3;1-3H;/q;;;-1/i;;;1+2. The van der Waals surface area contributed by atoms with E-state index in [1.54, 1.807) is 54.6 Å². The predicted molar refractivity (Wildman–Crippen MR) is 166 cm³/mol. The Labute approximate surface area is 262 Å². The van der Waals surface area contributed by atoms with Crippen LogP contribution in [0.3, 0.4) is 0 Å². The lowest BCUT2D eigenvalue weighted by molar-refractivity contribution is 0.381. The molecule has 4 nitrogen and oxygen atoms in total. The highest BCUT2D eigenvalue weighted by Crippen LogP contribution is 2.40. The van der Waals surface area contributed by atoms with E-state index < -0.39 is 0 Å². The molecule has 4 aromatic carbocycles. The third-order valence-electron chi connectivity index (χ3n) is 4.61. The summed E-state index contributed by atoms with van der Waals surface area (Å²) in [5, 5.41) is 9.38. The van der Waals surface area contributed by atoms with Crippen LogP contribution in [0.5, 0.6) is 17.2 Å². The Balaban J connectivity index is 0.000000305. The van der Waals surface area contributed by atoms with Gasteiger partial charge in [0, 0.05) is 31.2 Å². The van der Waals surface area contributed by atoms with Gasteiger partial charge in [-0.25, -0.2) is 8.78 Å². The summed E-state index contributed by atoms with van der Waals surface area (Å²) in [6, 6.07) is 19.8. The van der Waals surface area contributed by atoms with E-state index in [9.17, 15) is 8.78 Å². The zero-order valence-corrected chi connectivity index (χ0v) is 26.7. The van der Waals surface area contributed by atoms with Crippen molar-refractivity contribution in [1.82, 2.24) is 0 Å². The SMILES string of the molecule is COc1c(Cl)cccc1-c1c(F)cccc1Br.COc1cc(Cl)ccc1O[B]O.Fc1cccc(Br)c1I.[3H-]. The van der Waals surface area contributed by atoms with Crippen LogP contribution in [0.15, 0.2) is 81.7 Å². The molecule has 0 unspecified atom stereocenters. The number of halogens is 7. The van der Waals surface area contributed by atoms with E-state index in [0.29, 0.717) is 54.1 Å². The highest BCUT2D eigenvalue weighted by atomic mass is 127. The van der Waals surface area contributed by atoms with E-state index in [1.807, 2.05) is 28.7 Å². The van der Waals surface area contributed by atoms with Crippen molar-refractivity contribution in [1.29, 1.82) is 0 Å². The third kappa shape index (κ3) is 9.27. The van der Waals surface area contributed by atoms with Crippen molar-refractivity contribution in [2.45, 2.75) is 0 Å². The summed E-state index contributed by atoms with van der Waals surface area (Å²) in [4.78, 5) is 0. The van der Waals surface area contributed by atoms with Gasteiger partial charge in [0.2, 0.25) is 0 Å². The fourth-order valence-electron chi connectivity index (χ4n) is 2.94. The van der Waals surface area contributed by atoms with Crippen LogP contribution in [0, 0.1) is 15.2 Å². The van der Waals surface area contributed by atoms with Gasteiger partial charge in [0.05, 0.1) is 22.8 Å².